The van der Waals surface area contributed by atoms with Crippen molar-refractivity contribution in [1.82, 2.24) is 5.32 Å². The molecule has 9 nitrogen and oxygen atoms in total. The second-order valence-corrected chi connectivity index (χ2v) is 13.4. The second kappa shape index (κ2) is 25.3. The van der Waals surface area contributed by atoms with Crippen molar-refractivity contribution in [2.75, 3.05) is 20.3 Å². The fraction of sp³-hybridized carbons (Fsp3) is 0.650. The van der Waals surface area contributed by atoms with E-state index in [0.717, 1.165) is 44.1 Å². The Hall–Kier alpha value is -3.64. The van der Waals surface area contributed by atoms with Crippen molar-refractivity contribution in [2.24, 2.45) is 11.8 Å². The molecule has 0 aliphatic rings. The Kier molecular flexibility index (Phi) is 22.4. The molecule has 49 heavy (non-hydrogen) atoms. The Morgan fingerprint density at radius 1 is 0.918 bits per heavy atom. The first-order valence-electron chi connectivity index (χ1n) is 18.0. The van der Waals surface area contributed by atoms with Gasteiger partial charge >= 0.3 is 11.9 Å². The summed E-state index contributed by atoms with van der Waals surface area (Å²) < 4.78 is 16.2. The predicted octanol–water partition coefficient (Wildman–Crippen LogP) is 7.07. The van der Waals surface area contributed by atoms with E-state index in [2.05, 4.69) is 24.1 Å². The fourth-order valence-corrected chi connectivity index (χ4v) is 5.35. The molecule has 0 spiro atoms. The van der Waals surface area contributed by atoms with Crippen LogP contribution in [0.5, 0.6) is 5.75 Å². The highest BCUT2D eigenvalue weighted by Crippen LogP contribution is 2.24. The Balaban J connectivity index is 2.94. The van der Waals surface area contributed by atoms with Gasteiger partial charge in [-0.1, -0.05) is 75.7 Å². The van der Waals surface area contributed by atoms with Crippen molar-refractivity contribution in [1.29, 1.82) is 0 Å². The molecule has 0 aromatic heterocycles. The van der Waals surface area contributed by atoms with Crippen LogP contribution in [-0.4, -0.2) is 60.7 Å². The van der Waals surface area contributed by atoms with Crippen LogP contribution < -0.4 is 10.1 Å². The molecule has 9 heteroatoms. The lowest BCUT2D eigenvalue weighted by molar-refractivity contribution is -0.163. The third kappa shape index (κ3) is 19.8. The van der Waals surface area contributed by atoms with Crippen LogP contribution in [0.1, 0.15) is 124 Å². The topological polar surface area (TPSA) is 128 Å². The van der Waals surface area contributed by atoms with Crippen LogP contribution in [0.2, 0.25) is 0 Å². The van der Waals surface area contributed by atoms with Gasteiger partial charge in [-0.2, -0.15) is 0 Å². The van der Waals surface area contributed by atoms with Crippen LogP contribution in [0.15, 0.2) is 36.4 Å². The van der Waals surface area contributed by atoms with Crippen LogP contribution >= 0.6 is 0 Å². The van der Waals surface area contributed by atoms with Crippen molar-refractivity contribution >= 4 is 23.6 Å². The minimum atomic E-state index is -1.02. The van der Waals surface area contributed by atoms with Gasteiger partial charge in [-0.15, -0.1) is 5.92 Å². The Bertz CT molecular complexity index is 1210. The van der Waals surface area contributed by atoms with Gasteiger partial charge in [0.1, 0.15) is 29.8 Å². The molecule has 0 heterocycles. The number of hydrogen-bond acceptors (Lipinski definition) is 8. The van der Waals surface area contributed by atoms with Crippen molar-refractivity contribution < 1.29 is 38.5 Å². The Morgan fingerprint density at radius 2 is 1.55 bits per heavy atom. The van der Waals surface area contributed by atoms with Crippen molar-refractivity contribution in [3.63, 3.8) is 0 Å². The van der Waals surface area contributed by atoms with E-state index >= 15 is 0 Å². The lowest BCUT2D eigenvalue weighted by Crippen LogP contribution is -2.48. The molecule has 0 aliphatic heterocycles. The van der Waals surface area contributed by atoms with Gasteiger partial charge in [0.15, 0.2) is 0 Å². The van der Waals surface area contributed by atoms with Gasteiger partial charge in [0.2, 0.25) is 5.91 Å². The maximum atomic E-state index is 13.8. The summed E-state index contributed by atoms with van der Waals surface area (Å²) in [6.45, 7) is 9.09. The lowest BCUT2D eigenvalue weighted by atomic mass is 9.87. The highest BCUT2D eigenvalue weighted by molar-refractivity contribution is 5.90. The van der Waals surface area contributed by atoms with E-state index in [4.69, 9.17) is 14.2 Å². The van der Waals surface area contributed by atoms with E-state index in [0.29, 0.717) is 30.8 Å². The van der Waals surface area contributed by atoms with Gasteiger partial charge in [0.05, 0.1) is 18.9 Å². The number of ether oxygens (including phenoxy) is 3. The minimum absolute atomic E-state index is 0.0106. The minimum Gasteiger partial charge on any atom is -0.481 e. The molecule has 1 aromatic rings. The Labute approximate surface area is 294 Å². The summed E-state index contributed by atoms with van der Waals surface area (Å²) >= 11 is 0. The number of esters is 2. The second-order valence-electron chi connectivity index (χ2n) is 13.4. The van der Waals surface area contributed by atoms with Gasteiger partial charge in [0.25, 0.3) is 0 Å². The van der Waals surface area contributed by atoms with Gasteiger partial charge in [-0.25, -0.2) is 4.79 Å². The zero-order valence-electron chi connectivity index (χ0n) is 30.8. The van der Waals surface area contributed by atoms with Crippen molar-refractivity contribution in [2.45, 2.75) is 136 Å². The molecule has 0 aliphatic carbocycles. The smallest absolute Gasteiger partial charge is 0.328 e. The molecule has 274 valence electrons. The molecule has 0 fully saturated rings. The number of benzene rings is 1. The van der Waals surface area contributed by atoms with Gasteiger partial charge < -0.3 is 24.6 Å². The molecule has 0 saturated heterocycles. The number of nitrogens with one attached hydrogen (secondary N) is 1. The maximum absolute atomic E-state index is 13.8. The molecule has 0 saturated carbocycles. The monoisotopic (exact) mass is 683 g/mol. The fourth-order valence-electron chi connectivity index (χ4n) is 5.35. The van der Waals surface area contributed by atoms with Crippen molar-refractivity contribution in [3.05, 3.63) is 42.0 Å². The number of ketones is 1. The number of methoxy groups -OCH3 is 1. The summed E-state index contributed by atoms with van der Waals surface area (Å²) in [6.07, 6.45) is 15.1. The SMILES string of the molecule is CC#CCOc1ccc(C[C@H](NC(=O)[C@@H](/C=C/CCCCCCC(=O)CCCCCCC)[C@@H](CCO)C(=O)OC(C)(C)C)C(=O)OC)cc1. The number of allylic oxidation sites excluding steroid dienone is 1. The highest BCUT2D eigenvalue weighted by Gasteiger charge is 2.36. The number of amides is 1. The highest BCUT2D eigenvalue weighted by atomic mass is 16.6. The molecule has 2 N–H and O–H groups in total. The van der Waals surface area contributed by atoms with E-state index in [1.165, 1.54) is 26.4 Å². The summed E-state index contributed by atoms with van der Waals surface area (Å²) in [7, 11) is 1.25. The quantitative estimate of drug-likeness (QED) is 0.0485. The largest absolute Gasteiger partial charge is 0.481 e. The number of carbonyl (C=O) groups excluding carboxylic acids is 4. The van der Waals surface area contributed by atoms with E-state index < -0.39 is 41.3 Å². The van der Waals surface area contributed by atoms with Gasteiger partial charge in [-0.3, -0.25) is 14.4 Å². The number of aliphatic hydroxyl groups excluding tert-OH is 1. The molecule has 1 aromatic carbocycles. The average Bonchev–Trinajstić information content (AvgIpc) is 3.06. The van der Waals surface area contributed by atoms with E-state index in [9.17, 15) is 24.3 Å². The predicted molar refractivity (Wildman–Crippen MR) is 193 cm³/mol. The molecule has 1 amide bonds. The Morgan fingerprint density at radius 3 is 2.12 bits per heavy atom. The van der Waals surface area contributed by atoms with Gasteiger partial charge in [0, 0.05) is 25.9 Å². The van der Waals surface area contributed by atoms with E-state index in [1.807, 2.05) is 6.08 Å². The summed E-state index contributed by atoms with van der Waals surface area (Å²) in [5.74, 6) is 2.86. The summed E-state index contributed by atoms with van der Waals surface area (Å²) in [5.41, 5.74) is -0.0242. The first-order chi connectivity index (χ1) is 23.4. The zero-order chi connectivity index (χ0) is 36.5. The van der Waals surface area contributed by atoms with Gasteiger partial charge in [-0.05, 0) is 77.5 Å². The molecule has 0 radical (unpaired) electrons. The summed E-state index contributed by atoms with van der Waals surface area (Å²) in [6, 6.07) is 6.12. The lowest BCUT2D eigenvalue weighted by Gasteiger charge is -2.28. The first kappa shape index (κ1) is 43.4. The number of aliphatic hydroxyl groups is 1. The third-order valence-electron chi connectivity index (χ3n) is 8.02. The number of unbranched alkanes of at least 4 members (excludes halogenated alkanes) is 8. The molecule has 0 unspecified atom stereocenters. The third-order valence-corrected chi connectivity index (χ3v) is 8.02. The standard InChI is InChI=1S/C40H61NO8/c1-7-9-11-14-17-20-32(43)21-18-15-12-13-16-19-22-34(35(27-28-42)38(45)49-40(3,4)5)37(44)41-36(39(46)47-6)30-31-23-25-33(26-24-31)48-29-10-8-2/h19,22-26,34-36,42H,7,9,11-18,20-21,27-30H2,1-6H3,(H,41,44)/b22-19+/t34-,35+,36-/m0/s1. The van der Waals surface area contributed by atoms with Crippen LogP contribution in [0, 0.1) is 23.7 Å². The molecule has 3 atom stereocenters. The number of rotatable bonds is 25. The van der Waals surface area contributed by atoms with Crippen molar-refractivity contribution in [3.8, 4) is 17.6 Å². The van der Waals surface area contributed by atoms with Crippen LogP contribution in [0.25, 0.3) is 0 Å². The normalized spacial score (nSPS) is 13.1. The number of Topliss-reactive ketones (excluding diaryl/α,β-unsaturated/α-hetero) is 1. The van der Waals surface area contributed by atoms with Crippen LogP contribution in [0.4, 0.5) is 0 Å². The molecule has 0 bridgehead atoms. The van der Waals surface area contributed by atoms with Crippen LogP contribution in [-0.2, 0) is 35.1 Å². The zero-order valence-corrected chi connectivity index (χ0v) is 30.8. The summed E-state index contributed by atoms with van der Waals surface area (Å²) in [5, 5.41) is 12.6. The molecular weight excluding hydrogens is 622 g/mol. The van der Waals surface area contributed by atoms with E-state index in [1.54, 1.807) is 58.0 Å². The molecular formula is C40H61NO8. The van der Waals surface area contributed by atoms with E-state index in [-0.39, 0.29) is 26.1 Å². The maximum Gasteiger partial charge on any atom is 0.328 e. The average molecular weight is 684 g/mol. The summed E-state index contributed by atoms with van der Waals surface area (Å²) in [4.78, 5) is 52.1. The van der Waals surface area contributed by atoms with Crippen LogP contribution in [0.3, 0.4) is 0 Å². The number of hydrogen-bond donors (Lipinski definition) is 2. The number of carbonyl (C=O) groups is 4. The molecule has 1 rings (SSSR count). The first-order valence-corrected chi connectivity index (χ1v) is 18.0.